The van der Waals surface area contributed by atoms with Crippen molar-refractivity contribution in [3.63, 3.8) is 0 Å². The van der Waals surface area contributed by atoms with Gasteiger partial charge in [-0.05, 0) is 25.1 Å². The summed E-state index contributed by atoms with van der Waals surface area (Å²) in [5.41, 5.74) is 0. The number of hydrogen-bond acceptors (Lipinski definition) is 1. The average molecular weight is 175 g/mol. The van der Waals surface area contributed by atoms with E-state index in [-0.39, 0.29) is 5.82 Å². The predicted molar refractivity (Wildman–Crippen MR) is 43.1 cm³/mol. The van der Waals surface area contributed by atoms with Crippen LogP contribution in [-0.2, 0) is 4.79 Å². The minimum atomic E-state index is -0.294. The van der Waals surface area contributed by atoms with Crippen molar-refractivity contribution in [3.05, 3.63) is 35.1 Å². The van der Waals surface area contributed by atoms with E-state index in [0.29, 0.717) is 5.02 Å². The Morgan fingerprint density at radius 2 is 2.09 bits per heavy atom. The first-order valence-electron chi connectivity index (χ1n) is 3.01. The first-order chi connectivity index (χ1) is 5.20. The second-order valence-corrected chi connectivity index (χ2v) is 2.11. The second-order valence-electron chi connectivity index (χ2n) is 1.68. The van der Waals surface area contributed by atoms with Gasteiger partial charge in [0.1, 0.15) is 12.1 Å². The lowest BCUT2D eigenvalue weighted by Crippen LogP contribution is -1.68. The van der Waals surface area contributed by atoms with Crippen LogP contribution in [0.2, 0.25) is 5.02 Å². The highest BCUT2D eigenvalue weighted by Crippen LogP contribution is 2.07. The molecule has 0 saturated heterocycles. The van der Waals surface area contributed by atoms with Crippen molar-refractivity contribution in [2.24, 2.45) is 0 Å². The molecule has 1 aromatic rings. The molecular formula is C8H8ClFO. The zero-order valence-corrected chi connectivity index (χ0v) is 6.81. The summed E-state index contributed by atoms with van der Waals surface area (Å²) in [5, 5.41) is 0.435. The number of aldehydes is 1. The third kappa shape index (κ3) is 5.55. The number of hydrogen-bond donors (Lipinski definition) is 0. The molecule has 1 rings (SSSR count). The molecule has 0 aliphatic rings. The molecular weight excluding hydrogens is 167 g/mol. The van der Waals surface area contributed by atoms with Gasteiger partial charge in [-0.25, -0.2) is 4.39 Å². The van der Waals surface area contributed by atoms with E-state index in [0.717, 1.165) is 6.29 Å². The number of carbonyl (C=O) groups excluding carboxylic acids is 1. The van der Waals surface area contributed by atoms with E-state index >= 15 is 0 Å². The van der Waals surface area contributed by atoms with Crippen molar-refractivity contribution in [3.8, 4) is 0 Å². The summed E-state index contributed by atoms with van der Waals surface area (Å²) in [6, 6.07) is 5.82. The van der Waals surface area contributed by atoms with Crippen LogP contribution in [0.15, 0.2) is 24.3 Å². The van der Waals surface area contributed by atoms with E-state index < -0.39 is 0 Å². The first-order valence-corrected chi connectivity index (χ1v) is 3.39. The molecule has 0 saturated carbocycles. The van der Waals surface area contributed by atoms with Crippen LogP contribution in [0.1, 0.15) is 6.92 Å². The number of benzene rings is 1. The van der Waals surface area contributed by atoms with Crippen molar-refractivity contribution in [2.45, 2.75) is 6.92 Å². The molecule has 0 heterocycles. The molecule has 1 aromatic carbocycles. The third-order valence-corrected chi connectivity index (χ3v) is 1.02. The summed E-state index contributed by atoms with van der Waals surface area (Å²) < 4.78 is 12.1. The quantitative estimate of drug-likeness (QED) is 0.553. The lowest BCUT2D eigenvalue weighted by molar-refractivity contribution is -0.106. The van der Waals surface area contributed by atoms with Crippen LogP contribution in [-0.4, -0.2) is 6.29 Å². The van der Waals surface area contributed by atoms with Gasteiger partial charge >= 0.3 is 0 Å². The summed E-state index contributed by atoms with van der Waals surface area (Å²) in [6.45, 7) is 1.44. The van der Waals surface area contributed by atoms with Gasteiger partial charge in [0.25, 0.3) is 0 Å². The molecule has 0 aliphatic carbocycles. The Bertz CT molecular complexity index is 208. The highest BCUT2D eigenvalue weighted by Gasteiger charge is 1.86. The molecule has 0 spiro atoms. The van der Waals surface area contributed by atoms with Gasteiger partial charge < -0.3 is 4.79 Å². The van der Waals surface area contributed by atoms with Crippen LogP contribution >= 0.6 is 11.6 Å². The van der Waals surface area contributed by atoms with Crippen LogP contribution in [0.4, 0.5) is 4.39 Å². The Hall–Kier alpha value is -0.890. The number of carbonyl (C=O) groups is 1. The van der Waals surface area contributed by atoms with Crippen molar-refractivity contribution in [1.82, 2.24) is 0 Å². The Morgan fingerprint density at radius 3 is 2.36 bits per heavy atom. The van der Waals surface area contributed by atoms with Gasteiger partial charge in [-0.3, -0.25) is 0 Å². The molecule has 0 aliphatic heterocycles. The smallest absolute Gasteiger partial charge is 0.124 e. The van der Waals surface area contributed by atoms with Crippen molar-refractivity contribution in [2.75, 3.05) is 0 Å². The molecule has 0 amide bonds. The lowest BCUT2D eigenvalue weighted by atomic mass is 10.4. The standard InChI is InChI=1S/C6H4ClF.C2H4O/c7-5-2-1-3-6(8)4-5;1-2-3/h1-4H;2H,1H3. The average Bonchev–Trinajstić information content (AvgIpc) is 1.88. The van der Waals surface area contributed by atoms with Crippen molar-refractivity contribution >= 4 is 17.9 Å². The molecule has 0 radical (unpaired) electrons. The van der Waals surface area contributed by atoms with Gasteiger partial charge in [0.05, 0.1) is 0 Å². The zero-order valence-electron chi connectivity index (χ0n) is 6.05. The van der Waals surface area contributed by atoms with Crippen LogP contribution < -0.4 is 0 Å². The Balaban J connectivity index is 0.000000292. The molecule has 0 bridgehead atoms. The summed E-state index contributed by atoms with van der Waals surface area (Å²) in [4.78, 5) is 8.81. The van der Waals surface area contributed by atoms with E-state index in [4.69, 9.17) is 16.4 Å². The molecule has 60 valence electrons. The van der Waals surface area contributed by atoms with Gasteiger partial charge in [-0.1, -0.05) is 17.7 Å². The van der Waals surface area contributed by atoms with Crippen LogP contribution in [0, 0.1) is 5.82 Å². The fourth-order valence-corrected chi connectivity index (χ4v) is 0.637. The zero-order chi connectivity index (χ0) is 8.69. The monoisotopic (exact) mass is 174 g/mol. The largest absolute Gasteiger partial charge is 0.304 e. The van der Waals surface area contributed by atoms with E-state index in [2.05, 4.69) is 0 Å². The minimum Gasteiger partial charge on any atom is -0.304 e. The minimum absolute atomic E-state index is 0.294. The summed E-state index contributed by atoms with van der Waals surface area (Å²) in [6.07, 6.45) is 0.750. The summed E-state index contributed by atoms with van der Waals surface area (Å²) in [5.74, 6) is -0.294. The Kier molecular flexibility index (Phi) is 5.39. The molecule has 0 N–H and O–H groups in total. The van der Waals surface area contributed by atoms with E-state index in [1.807, 2.05) is 0 Å². The van der Waals surface area contributed by atoms with Crippen LogP contribution in [0.3, 0.4) is 0 Å². The number of halogens is 2. The normalized spacial score (nSPS) is 7.91. The summed E-state index contributed by atoms with van der Waals surface area (Å²) in [7, 11) is 0. The fraction of sp³-hybridized carbons (Fsp3) is 0.125. The molecule has 0 unspecified atom stereocenters. The van der Waals surface area contributed by atoms with E-state index in [1.54, 1.807) is 12.1 Å². The maximum atomic E-state index is 12.1. The van der Waals surface area contributed by atoms with Crippen LogP contribution in [0.5, 0.6) is 0 Å². The second kappa shape index (κ2) is 5.86. The molecule has 0 fully saturated rings. The molecule has 11 heavy (non-hydrogen) atoms. The van der Waals surface area contributed by atoms with Gasteiger partial charge in [0.2, 0.25) is 0 Å². The topological polar surface area (TPSA) is 17.1 Å². The van der Waals surface area contributed by atoms with Crippen LogP contribution in [0.25, 0.3) is 0 Å². The highest BCUT2D eigenvalue weighted by atomic mass is 35.5. The third-order valence-electron chi connectivity index (χ3n) is 0.787. The maximum Gasteiger partial charge on any atom is 0.124 e. The Morgan fingerprint density at radius 1 is 1.55 bits per heavy atom. The number of rotatable bonds is 0. The Labute approximate surface area is 69.8 Å². The van der Waals surface area contributed by atoms with Gasteiger partial charge in [-0.15, -0.1) is 0 Å². The van der Waals surface area contributed by atoms with E-state index in [1.165, 1.54) is 19.1 Å². The molecule has 1 nitrogen and oxygen atoms in total. The van der Waals surface area contributed by atoms with Gasteiger partial charge in [0, 0.05) is 5.02 Å². The SMILES string of the molecule is CC=O.Fc1cccc(Cl)c1. The van der Waals surface area contributed by atoms with Crippen molar-refractivity contribution in [1.29, 1.82) is 0 Å². The molecule has 0 aromatic heterocycles. The maximum absolute atomic E-state index is 12.1. The summed E-state index contributed by atoms with van der Waals surface area (Å²) >= 11 is 5.40. The fourth-order valence-electron chi connectivity index (χ4n) is 0.460. The van der Waals surface area contributed by atoms with Gasteiger partial charge in [0.15, 0.2) is 0 Å². The predicted octanol–water partition coefficient (Wildman–Crippen LogP) is 2.68. The van der Waals surface area contributed by atoms with Crippen molar-refractivity contribution < 1.29 is 9.18 Å². The lowest BCUT2D eigenvalue weighted by Gasteiger charge is -1.85. The van der Waals surface area contributed by atoms with E-state index in [9.17, 15) is 4.39 Å². The first kappa shape index (κ1) is 10.1. The molecule has 0 atom stereocenters. The molecule has 3 heteroatoms. The van der Waals surface area contributed by atoms with Gasteiger partial charge in [-0.2, -0.15) is 0 Å². The highest BCUT2D eigenvalue weighted by molar-refractivity contribution is 6.30.